The molecule has 3 saturated carbocycles. The first-order chi connectivity index (χ1) is 17.0. The molecule has 0 aromatic carbocycles. The van der Waals surface area contributed by atoms with Gasteiger partial charge in [-0.3, -0.25) is 4.79 Å². The van der Waals surface area contributed by atoms with Crippen LogP contribution in [0.15, 0.2) is 0 Å². The van der Waals surface area contributed by atoms with Gasteiger partial charge in [0.05, 0.1) is 0 Å². The van der Waals surface area contributed by atoms with Crippen LogP contribution in [0.5, 0.6) is 0 Å². The van der Waals surface area contributed by atoms with Crippen molar-refractivity contribution in [2.45, 2.75) is 149 Å². The summed E-state index contributed by atoms with van der Waals surface area (Å²) in [5.74, 6) is 1.97. The summed E-state index contributed by atoms with van der Waals surface area (Å²) < 4.78 is 9.39. The quantitative estimate of drug-likeness (QED) is 0.239. The Labute approximate surface area is 230 Å². The Balaban J connectivity index is 1.79. The third kappa shape index (κ3) is 4.88. The molecule has 0 N–H and O–H groups in total. The van der Waals surface area contributed by atoms with Gasteiger partial charge in [-0.1, -0.05) is 73.9 Å². The van der Waals surface area contributed by atoms with Crippen LogP contribution in [-0.2, 0) is 14.0 Å². The fraction of sp³-hybridized carbons (Fsp3) is 0.935. The van der Waals surface area contributed by atoms with Crippen LogP contribution in [0.2, 0.25) is 37.3 Å². The van der Waals surface area contributed by atoms with Crippen LogP contribution in [0.1, 0.15) is 99.3 Å². The zero-order valence-corrected chi connectivity index (χ0v) is 27.8. The topological polar surface area (TPSA) is 46.6 Å². The van der Waals surface area contributed by atoms with Crippen molar-refractivity contribution in [1.82, 2.24) is 4.57 Å². The van der Waals surface area contributed by atoms with E-state index in [4.69, 9.17) is 4.43 Å². The molecule has 6 heteroatoms. The lowest BCUT2D eigenvalue weighted by Crippen LogP contribution is -2.74. The maximum Gasteiger partial charge on any atom is 0.242 e. The smallest absolute Gasteiger partial charge is 0.242 e. The van der Waals surface area contributed by atoms with E-state index in [0.29, 0.717) is 23.2 Å². The molecule has 3 aliphatic carbocycles. The molecule has 212 valence electrons. The van der Waals surface area contributed by atoms with Crippen molar-refractivity contribution in [2.24, 2.45) is 34.5 Å². The fourth-order valence-corrected chi connectivity index (χ4v) is 14.2. The van der Waals surface area contributed by atoms with Crippen molar-refractivity contribution in [3.8, 4) is 0 Å². The van der Waals surface area contributed by atoms with Crippen molar-refractivity contribution in [3.05, 3.63) is 0 Å². The third-order valence-corrected chi connectivity index (χ3v) is 20.3. The molecule has 4 nitrogen and oxygen atoms in total. The monoisotopic (exact) mass is 547 g/mol. The molecule has 1 amide bonds. The van der Waals surface area contributed by atoms with Gasteiger partial charge in [-0.05, 0) is 91.3 Å². The van der Waals surface area contributed by atoms with Crippen molar-refractivity contribution in [1.29, 1.82) is 0 Å². The number of hydrogen-bond acceptors (Lipinski definition) is 3. The van der Waals surface area contributed by atoms with Gasteiger partial charge in [-0.2, -0.15) is 0 Å². The second-order valence-electron chi connectivity index (χ2n) is 16.1. The molecule has 0 aromatic heterocycles. The van der Waals surface area contributed by atoms with Crippen molar-refractivity contribution in [3.63, 3.8) is 0 Å². The molecule has 4 rings (SSSR count). The highest BCUT2D eigenvalue weighted by Gasteiger charge is 2.66. The van der Waals surface area contributed by atoms with Gasteiger partial charge in [0, 0.05) is 12.0 Å². The standard InChI is InChI=1S/C31H57NO3Si2/c1-11-12-18-36(7,8)35-25-20-31(6)24-15-17-30(5)16-13-14-23(30)27(24)22(21-33)19-26(31)32(28(25)34)37(9,10)29(2,3)4/h21-27H,11-20H2,1-10H3/t22-,23+,24+,25?,26-,27+,30+,31-/m1/s1. The van der Waals surface area contributed by atoms with Crippen LogP contribution < -0.4 is 0 Å². The van der Waals surface area contributed by atoms with Crippen molar-refractivity contribution < 1.29 is 14.0 Å². The zero-order chi connectivity index (χ0) is 27.6. The number of carbonyl (C=O) groups is 2. The van der Waals surface area contributed by atoms with E-state index in [2.05, 4.69) is 72.3 Å². The van der Waals surface area contributed by atoms with Crippen molar-refractivity contribution >= 4 is 28.7 Å². The number of unbranched alkanes of at least 4 members (excludes halogenated alkanes) is 1. The molecule has 1 heterocycles. The number of aldehydes is 1. The van der Waals surface area contributed by atoms with Crippen LogP contribution in [-0.4, -0.2) is 45.5 Å². The first-order valence-electron chi connectivity index (χ1n) is 15.5. The van der Waals surface area contributed by atoms with E-state index in [1.165, 1.54) is 51.2 Å². The van der Waals surface area contributed by atoms with Gasteiger partial charge < -0.3 is 13.8 Å². The summed E-state index contributed by atoms with van der Waals surface area (Å²) in [5.41, 5.74) is 0.414. The molecule has 0 aromatic rings. The first kappa shape index (κ1) is 29.5. The second-order valence-corrected chi connectivity index (χ2v) is 25.5. The molecule has 0 radical (unpaired) electrons. The molecule has 0 spiro atoms. The predicted octanol–water partition coefficient (Wildman–Crippen LogP) is 8.04. The number of hydrogen-bond donors (Lipinski definition) is 0. The minimum absolute atomic E-state index is 0.0113. The Morgan fingerprint density at radius 2 is 1.76 bits per heavy atom. The molecule has 4 fully saturated rings. The largest absolute Gasteiger partial charge is 0.405 e. The Morgan fingerprint density at radius 1 is 1.08 bits per heavy atom. The van der Waals surface area contributed by atoms with Gasteiger partial charge in [0.2, 0.25) is 5.91 Å². The molecule has 37 heavy (non-hydrogen) atoms. The first-order valence-corrected chi connectivity index (χ1v) is 21.5. The van der Waals surface area contributed by atoms with E-state index in [1.54, 1.807) is 0 Å². The van der Waals surface area contributed by atoms with E-state index >= 15 is 0 Å². The summed E-state index contributed by atoms with van der Waals surface area (Å²) in [7, 11) is -4.16. The summed E-state index contributed by atoms with van der Waals surface area (Å²) in [6, 6.07) is 1.27. The molecule has 1 saturated heterocycles. The maximum atomic E-state index is 14.5. The van der Waals surface area contributed by atoms with Crippen LogP contribution in [0.25, 0.3) is 0 Å². The van der Waals surface area contributed by atoms with E-state index in [1.807, 2.05) is 0 Å². The zero-order valence-electron chi connectivity index (χ0n) is 25.8. The normalized spacial score (nSPS) is 40.7. The number of nitrogens with zero attached hydrogens (tertiary/aromatic N) is 1. The van der Waals surface area contributed by atoms with Crippen molar-refractivity contribution in [2.75, 3.05) is 0 Å². The maximum absolute atomic E-state index is 14.5. The molecular weight excluding hydrogens is 491 g/mol. The molecule has 1 aliphatic heterocycles. The highest BCUT2D eigenvalue weighted by atomic mass is 28.4. The van der Waals surface area contributed by atoms with Gasteiger partial charge in [-0.25, -0.2) is 0 Å². The SMILES string of the molecule is CCCC[Si](C)(C)OC1C[C@]2(C)[C@H]3CC[C@]4(C)CCC[C@H]4[C@@H]3[C@@H](C=O)C[C@H]2N([Si](C)(C)C(C)(C)C)C1=O. The molecule has 0 bridgehead atoms. The van der Waals surface area contributed by atoms with Crippen LogP contribution >= 0.6 is 0 Å². The second kappa shape index (κ2) is 9.87. The number of fused-ring (bicyclic) bond motifs is 5. The lowest BCUT2D eigenvalue weighted by molar-refractivity contribution is -0.174. The average Bonchev–Trinajstić information content (AvgIpc) is 3.19. The third-order valence-electron chi connectivity index (χ3n) is 12.4. The van der Waals surface area contributed by atoms with Gasteiger partial charge in [0.1, 0.15) is 12.4 Å². The van der Waals surface area contributed by atoms with E-state index < -0.39 is 16.6 Å². The Kier molecular flexibility index (Phi) is 7.87. The number of carbonyl (C=O) groups excluding carboxylic acids is 2. The molecular formula is C31H57NO3Si2. The lowest BCUT2D eigenvalue weighted by Gasteiger charge is -2.67. The average molecular weight is 548 g/mol. The van der Waals surface area contributed by atoms with Gasteiger partial charge in [0.15, 0.2) is 16.6 Å². The van der Waals surface area contributed by atoms with Gasteiger partial charge >= 0.3 is 0 Å². The van der Waals surface area contributed by atoms with Gasteiger partial charge in [-0.15, -0.1) is 0 Å². The van der Waals surface area contributed by atoms with Crippen LogP contribution in [0.4, 0.5) is 0 Å². The Hall–Kier alpha value is -0.466. The van der Waals surface area contributed by atoms with E-state index in [0.717, 1.165) is 18.9 Å². The number of rotatable bonds is 7. The highest BCUT2D eigenvalue weighted by Crippen LogP contribution is 2.66. The molecule has 4 aliphatic rings. The van der Waals surface area contributed by atoms with E-state index in [9.17, 15) is 9.59 Å². The summed E-state index contributed by atoms with van der Waals surface area (Å²) in [5, 5.41) is 0.0464. The van der Waals surface area contributed by atoms with Crippen LogP contribution in [0.3, 0.4) is 0 Å². The summed E-state index contributed by atoms with van der Waals surface area (Å²) >= 11 is 0. The summed E-state index contributed by atoms with van der Waals surface area (Å²) in [6.07, 6.45) is 11.4. The number of piperidine rings is 1. The summed E-state index contributed by atoms with van der Waals surface area (Å²) in [6.45, 7) is 23.6. The fourth-order valence-electron chi connectivity index (χ4n) is 9.28. The minimum Gasteiger partial charge on any atom is -0.405 e. The Morgan fingerprint density at radius 3 is 2.35 bits per heavy atom. The van der Waals surface area contributed by atoms with Crippen LogP contribution in [0, 0.1) is 34.5 Å². The minimum atomic E-state index is -2.20. The summed E-state index contributed by atoms with van der Waals surface area (Å²) in [4.78, 5) is 27.3. The lowest BCUT2D eigenvalue weighted by atomic mass is 9.45. The Bertz CT molecular complexity index is 882. The highest BCUT2D eigenvalue weighted by molar-refractivity contribution is 6.79. The molecule has 1 unspecified atom stereocenters. The number of amides is 1. The predicted molar refractivity (Wildman–Crippen MR) is 158 cm³/mol. The van der Waals surface area contributed by atoms with E-state index in [-0.39, 0.29) is 34.4 Å². The van der Waals surface area contributed by atoms with Gasteiger partial charge in [0.25, 0.3) is 0 Å². The molecule has 8 atom stereocenters.